The molecule has 1 aromatic heterocycles. The molecule has 11 aromatic rings. The van der Waals surface area contributed by atoms with Crippen molar-refractivity contribution in [3.8, 4) is 11.1 Å². The Hall–Kier alpha value is -7.32. The smallest absolute Gasteiger partial charge is 0.0713 e. The lowest BCUT2D eigenvalue weighted by Gasteiger charge is -2.35. The van der Waals surface area contributed by atoms with Crippen molar-refractivity contribution in [2.75, 3.05) is 0 Å². The summed E-state index contributed by atoms with van der Waals surface area (Å²) in [5.74, 6) is 0.922. The first-order valence-electron chi connectivity index (χ1n) is 24.5. The van der Waals surface area contributed by atoms with Crippen LogP contribution in [0.25, 0.3) is 42.1 Å². The van der Waals surface area contributed by atoms with Crippen molar-refractivity contribution < 1.29 is 0 Å². The van der Waals surface area contributed by atoms with Crippen LogP contribution in [0.15, 0.2) is 243 Å². The van der Waals surface area contributed by atoms with Gasteiger partial charge in [-0.25, -0.2) is 0 Å². The quantitative estimate of drug-likeness (QED) is 0.108. The van der Waals surface area contributed by atoms with Gasteiger partial charge in [0.1, 0.15) is 0 Å². The fourth-order valence-electron chi connectivity index (χ4n) is 11.9. The van der Waals surface area contributed by atoms with Crippen molar-refractivity contribution >= 4 is 42.3 Å². The molecule has 68 heavy (non-hydrogen) atoms. The van der Waals surface area contributed by atoms with E-state index in [1.54, 1.807) is 0 Å². The molecule has 0 nitrogen and oxygen atoms in total. The molecule has 0 amide bonds. The summed E-state index contributed by atoms with van der Waals surface area (Å²) in [5, 5.41) is 5.44. The Labute approximate surface area is 405 Å². The molecule has 0 saturated carbocycles. The molecule has 1 aliphatic carbocycles. The van der Waals surface area contributed by atoms with Crippen LogP contribution in [-0.2, 0) is 24.7 Å². The molecule has 0 N–H and O–H groups in total. The predicted octanol–water partition coefficient (Wildman–Crippen LogP) is 17.7. The third kappa shape index (κ3) is 7.47. The van der Waals surface area contributed by atoms with Gasteiger partial charge in [0, 0.05) is 20.2 Å². The average Bonchev–Trinajstić information content (AvgIpc) is 3.93. The third-order valence-electron chi connectivity index (χ3n) is 15.3. The highest BCUT2D eigenvalue weighted by atomic mass is 32.1. The lowest BCUT2D eigenvalue weighted by Crippen LogP contribution is -2.29. The molecule has 3 atom stereocenters. The lowest BCUT2D eigenvalue weighted by molar-refractivity contribution is 0.571. The number of rotatable bonds is 13. The summed E-state index contributed by atoms with van der Waals surface area (Å²) < 4.78 is 2.72. The van der Waals surface area contributed by atoms with Crippen LogP contribution in [-0.4, -0.2) is 0 Å². The minimum absolute atomic E-state index is 0.261. The zero-order chi connectivity index (χ0) is 45.4. The van der Waals surface area contributed by atoms with Gasteiger partial charge in [-0.1, -0.05) is 231 Å². The summed E-state index contributed by atoms with van der Waals surface area (Å²) in [6.45, 7) is 2.45. The first-order chi connectivity index (χ1) is 33.6. The van der Waals surface area contributed by atoms with E-state index in [0.29, 0.717) is 11.8 Å². The Bertz CT molecular complexity index is 3480. The van der Waals surface area contributed by atoms with Crippen molar-refractivity contribution in [3.05, 3.63) is 298 Å². The van der Waals surface area contributed by atoms with E-state index >= 15 is 0 Å². The van der Waals surface area contributed by atoms with Crippen LogP contribution in [0.5, 0.6) is 0 Å². The summed E-state index contributed by atoms with van der Waals surface area (Å²) in [6, 6.07) is 91.8. The number of fused-ring (bicyclic) bond motifs is 8. The highest BCUT2D eigenvalue weighted by Gasteiger charge is 2.47. The number of benzene rings is 10. The molecule has 0 spiro atoms. The average molecular weight is 891 g/mol. The number of hydrogen-bond acceptors (Lipinski definition) is 1. The molecule has 3 unspecified atom stereocenters. The zero-order valence-corrected chi connectivity index (χ0v) is 39.4. The van der Waals surface area contributed by atoms with Gasteiger partial charge < -0.3 is 0 Å². The molecule has 12 rings (SSSR count). The topological polar surface area (TPSA) is 0 Å². The van der Waals surface area contributed by atoms with Crippen LogP contribution in [0.1, 0.15) is 86.7 Å². The number of aryl methyl sites for hydroxylation is 1. The van der Waals surface area contributed by atoms with E-state index < -0.39 is 5.41 Å². The van der Waals surface area contributed by atoms with E-state index in [1.807, 2.05) is 11.3 Å². The van der Waals surface area contributed by atoms with Gasteiger partial charge in [0.15, 0.2) is 0 Å². The Morgan fingerprint density at radius 3 is 1.68 bits per heavy atom. The molecule has 328 valence electrons. The first kappa shape index (κ1) is 42.1. The van der Waals surface area contributed by atoms with Crippen LogP contribution in [0.2, 0.25) is 0 Å². The monoisotopic (exact) mass is 890 g/mol. The Morgan fingerprint density at radius 1 is 0.412 bits per heavy atom. The van der Waals surface area contributed by atoms with Crippen molar-refractivity contribution in [1.29, 1.82) is 0 Å². The molecule has 1 aliphatic rings. The van der Waals surface area contributed by atoms with Gasteiger partial charge >= 0.3 is 0 Å². The Balaban J connectivity index is 1.00. The van der Waals surface area contributed by atoms with Crippen LogP contribution in [0.3, 0.4) is 0 Å². The van der Waals surface area contributed by atoms with Gasteiger partial charge in [0.2, 0.25) is 0 Å². The van der Waals surface area contributed by atoms with Crippen LogP contribution in [0.4, 0.5) is 0 Å². The highest BCUT2D eigenvalue weighted by Crippen LogP contribution is 2.59. The highest BCUT2D eigenvalue weighted by molar-refractivity contribution is 7.25. The normalized spacial score (nSPS) is 14.1. The third-order valence-corrected chi connectivity index (χ3v) is 16.4. The fraction of sp³-hybridized carbons (Fsp3) is 0.134. The van der Waals surface area contributed by atoms with Crippen molar-refractivity contribution in [1.82, 2.24) is 0 Å². The van der Waals surface area contributed by atoms with Gasteiger partial charge in [-0.15, -0.1) is 11.3 Å². The molecule has 0 radical (unpaired) electrons. The summed E-state index contributed by atoms with van der Waals surface area (Å²) in [4.78, 5) is 0. The first-order valence-corrected chi connectivity index (χ1v) is 25.3. The maximum atomic E-state index is 2.63. The Kier molecular flexibility index (Phi) is 11.2. The van der Waals surface area contributed by atoms with Gasteiger partial charge in [-0.2, -0.15) is 0 Å². The fourth-order valence-corrected chi connectivity index (χ4v) is 13.0. The molecule has 10 aromatic carbocycles. The minimum Gasteiger partial charge on any atom is -0.135 e. The van der Waals surface area contributed by atoms with Gasteiger partial charge in [0.25, 0.3) is 0 Å². The molecule has 1 heteroatoms. The predicted molar refractivity (Wildman–Crippen MR) is 290 cm³/mol. The molecular weight excluding hydrogens is 837 g/mol. The maximum Gasteiger partial charge on any atom is 0.0713 e. The molecule has 0 fully saturated rings. The summed E-state index contributed by atoms with van der Waals surface area (Å²) >= 11 is 1.90. The van der Waals surface area contributed by atoms with Crippen molar-refractivity contribution in [2.45, 2.75) is 55.8 Å². The van der Waals surface area contributed by atoms with E-state index in [2.05, 4.69) is 250 Å². The second kappa shape index (κ2) is 18.1. The van der Waals surface area contributed by atoms with Gasteiger partial charge in [-0.05, 0) is 139 Å². The van der Waals surface area contributed by atoms with Gasteiger partial charge in [0.05, 0.1) is 5.41 Å². The molecular formula is C67H54S. The van der Waals surface area contributed by atoms with Crippen LogP contribution < -0.4 is 0 Å². The Morgan fingerprint density at radius 2 is 0.985 bits per heavy atom. The van der Waals surface area contributed by atoms with E-state index in [4.69, 9.17) is 0 Å². The van der Waals surface area contributed by atoms with Crippen molar-refractivity contribution in [3.63, 3.8) is 0 Å². The standard InChI is InChI=1S/C67H54S/c1-46(60(50-25-11-4-12-26-50)42-47-21-7-2-8-22-47)51-38-39-59-62(44-51)67(54-27-13-5-14-28-54,55-29-15-6-16-30-55)63-45-53(56-31-17-18-33-58(56)66(59)63)37-36-52(49-23-9-3-10-24-49)41-48-35-40-65-61(43-48)57-32-19-20-34-64(57)68-65/h2-35,38-40,43-46,52,60H,36-37,41-42H2,1H3. The molecule has 0 bridgehead atoms. The van der Waals surface area contributed by atoms with E-state index in [1.165, 1.54) is 97.7 Å². The summed E-state index contributed by atoms with van der Waals surface area (Å²) in [6.07, 6.45) is 3.97. The van der Waals surface area contributed by atoms with E-state index in [9.17, 15) is 0 Å². The second-order valence-electron chi connectivity index (χ2n) is 19.1. The van der Waals surface area contributed by atoms with Gasteiger partial charge in [-0.3, -0.25) is 0 Å². The summed E-state index contributed by atoms with van der Waals surface area (Å²) in [5.41, 5.74) is 15.9. The second-order valence-corrected chi connectivity index (χ2v) is 20.1. The zero-order valence-electron chi connectivity index (χ0n) is 38.6. The SMILES string of the molecule is CC(c1ccc2c(c1)C(c1ccccc1)(c1ccccc1)c1cc(CCC(Cc3ccc4sc5ccccc5c4c3)c3ccccc3)c3ccccc3c1-2)C(Cc1ccccc1)c1ccccc1. The largest absolute Gasteiger partial charge is 0.135 e. The number of hydrogen-bond donors (Lipinski definition) is 0. The summed E-state index contributed by atoms with van der Waals surface area (Å²) in [7, 11) is 0. The maximum absolute atomic E-state index is 2.63. The van der Waals surface area contributed by atoms with E-state index in [-0.39, 0.29) is 5.92 Å². The van der Waals surface area contributed by atoms with E-state index in [0.717, 1.165) is 25.7 Å². The molecule has 0 saturated heterocycles. The lowest BCUT2D eigenvalue weighted by atomic mass is 9.66. The molecule has 0 aliphatic heterocycles. The van der Waals surface area contributed by atoms with Crippen LogP contribution in [0, 0.1) is 0 Å². The molecule has 1 heterocycles. The number of thiophene rings is 1. The minimum atomic E-state index is -0.527. The van der Waals surface area contributed by atoms with Crippen LogP contribution >= 0.6 is 11.3 Å². The van der Waals surface area contributed by atoms with Crippen molar-refractivity contribution in [2.24, 2.45) is 0 Å².